The number of ether oxygens (including phenoxy) is 3. The van der Waals surface area contributed by atoms with Gasteiger partial charge in [-0.05, 0) is 141 Å². The number of unbranched alkanes of at least 4 members (excludes halogenated alkanes) is 19. The molecule has 0 aliphatic heterocycles. The summed E-state index contributed by atoms with van der Waals surface area (Å²) < 4.78 is 17.4. The van der Waals surface area contributed by atoms with E-state index in [1.807, 2.05) is 0 Å². The monoisotopic (exact) mass is 1020 g/mol. The van der Waals surface area contributed by atoms with Gasteiger partial charge in [0.2, 0.25) is 0 Å². The summed E-state index contributed by atoms with van der Waals surface area (Å²) in [4.78, 5) is 25.6. The zero-order chi connectivity index (χ0) is 53.4. The molecule has 74 heavy (non-hydrogen) atoms. The van der Waals surface area contributed by atoms with E-state index in [0.717, 1.165) is 128 Å². The Bertz CT molecular complexity index is 1580. The van der Waals surface area contributed by atoms with Crippen LogP contribution < -0.4 is 0 Å². The van der Waals surface area contributed by atoms with Crippen molar-refractivity contribution in [2.45, 2.75) is 258 Å². The molecule has 0 fully saturated rings. The van der Waals surface area contributed by atoms with Gasteiger partial charge in [-0.15, -0.1) is 0 Å². The van der Waals surface area contributed by atoms with E-state index in [1.54, 1.807) is 0 Å². The fourth-order valence-corrected chi connectivity index (χ4v) is 7.83. The fraction of sp³-hybridized carbons (Fsp3) is 0.623. The summed E-state index contributed by atoms with van der Waals surface area (Å²) in [5.41, 5.74) is 0. The molecule has 1 atom stereocenters. The van der Waals surface area contributed by atoms with Crippen LogP contribution in [0.15, 0.2) is 146 Å². The minimum Gasteiger partial charge on any atom is -0.462 e. The number of allylic oxidation sites excluding steroid dienone is 24. The average Bonchev–Trinajstić information content (AvgIpc) is 3.40. The number of carbonyl (C=O) groups excluding carboxylic acids is 2. The van der Waals surface area contributed by atoms with Crippen LogP contribution in [0.1, 0.15) is 252 Å². The van der Waals surface area contributed by atoms with Crippen molar-refractivity contribution in [1.82, 2.24) is 0 Å². The van der Waals surface area contributed by atoms with E-state index in [-0.39, 0.29) is 25.2 Å². The number of carbonyl (C=O) groups is 2. The summed E-state index contributed by atoms with van der Waals surface area (Å²) in [5.74, 6) is -0.465. The molecule has 0 N–H and O–H groups in total. The molecule has 0 aromatic rings. The van der Waals surface area contributed by atoms with Crippen molar-refractivity contribution in [3.63, 3.8) is 0 Å². The van der Waals surface area contributed by atoms with Crippen molar-refractivity contribution in [3.05, 3.63) is 146 Å². The second-order valence-electron chi connectivity index (χ2n) is 19.5. The Balaban J connectivity index is 4.47. The largest absolute Gasteiger partial charge is 0.462 e. The molecule has 0 amide bonds. The molecule has 0 aromatic carbocycles. The molecule has 0 saturated heterocycles. The first-order valence-electron chi connectivity index (χ1n) is 30.4. The van der Waals surface area contributed by atoms with Gasteiger partial charge in [-0.25, -0.2) is 0 Å². The Morgan fingerprint density at radius 3 is 0.973 bits per heavy atom. The van der Waals surface area contributed by atoms with Gasteiger partial charge in [0, 0.05) is 19.4 Å². The van der Waals surface area contributed by atoms with Crippen molar-refractivity contribution in [2.75, 3.05) is 19.8 Å². The topological polar surface area (TPSA) is 61.8 Å². The van der Waals surface area contributed by atoms with E-state index in [1.165, 1.54) is 89.9 Å². The highest BCUT2D eigenvalue weighted by atomic mass is 16.6. The molecule has 5 heteroatoms. The highest BCUT2D eigenvalue weighted by molar-refractivity contribution is 5.70. The van der Waals surface area contributed by atoms with Gasteiger partial charge in [0.05, 0.1) is 6.61 Å². The Morgan fingerprint density at radius 1 is 0.311 bits per heavy atom. The third-order valence-corrected chi connectivity index (χ3v) is 12.3. The lowest BCUT2D eigenvalue weighted by Crippen LogP contribution is -2.30. The Morgan fingerprint density at radius 2 is 0.608 bits per heavy atom. The summed E-state index contributed by atoms with van der Waals surface area (Å²) >= 11 is 0. The third-order valence-electron chi connectivity index (χ3n) is 12.3. The number of esters is 2. The Labute approximate surface area is 457 Å². The summed E-state index contributed by atoms with van der Waals surface area (Å²) in [5, 5.41) is 0. The van der Waals surface area contributed by atoms with Gasteiger partial charge in [-0.2, -0.15) is 0 Å². The lowest BCUT2D eigenvalue weighted by molar-refractivity contribution is -0.163. The number of rotatable bonds is 54. The van der Waals surface area contributed by atoms with Crippen molar-refractivity contribution in [2.24, 2.45) is 0 Å². The van der Waals surface area contributed by atoms with Gasteiger partial charge in [-0.3, -0.25) is 9.59 Å². The molecule has 0 rings (SSSR count). The van der Waals surface area contributed by atoms with Crippen LogP contribution in [-0.4, -0.2) is 37.9 Å². The average molecular weight is 1020 g/mol. The SMILES string of the molecule is CC/C=C\C/C=C\C/C=C\C/C=C\C/C=C\C/C=C\CCCOCC(COC(=O)CCCCCCCC/C=C\C/C=C\C/C=C\CCCCC)OC(=O)CCCCCCCC/C=C\C/C=C\C/C=C\CCCCC. The van der Waals surface area contributed by atoms with E-state index in [9.17, 15) is 9.59 Å². The number of hydrogen-bond donors (Lipinski definition) is 0. The van der Waals surface area contributed by atoms with Crippen molar-refractivity contribution in [1.29, 1.82) is 0 Å². The van der Waals surface area contributed by atoms with Crippen LogP contribution in [0, 0.1) is 0 Å². The van der Waals surface area contributed by atoms with Gasteiger partial charge < -0.3 is 14.2 Å². The summed E-state index contributed by atoms with van der Waals surface area (Å²) in [6.45, 7) is 7.48. The van der Waals surface area contributed by atoms with E-state index >= 15 is 0 Å². The Kier molecular flexibility index (Phi) is 59.5. The zero-order valence-corrected chi connectivity index (χ0v) is 48.1. The van der Waals surface area contributed by atoms with Crippen LogP contribution in [0.5, 0.6) is 0 Å². The predicted molar refractivity (Wildman–Crippen MR) is 325 cm³/mol. The fourth-order valence-electron chi connectivity index (χ4n) is 7.83. The van der Waals surface area contributed by atoms with E-state index in [2.05, 4.69) is 167 Å². The molecule has 5 nitrogen and oxygen atoms in total. The molecule has 0 radical (unpaired) electrons. The Hall–Kier alpha value is -4.22. The first-order valence-corrected chi connectivity index (χ1v) is 30.4. The molecule has 0 aliphatic carbocycles. The van der Waals surface area contributed by atoms with Crippen LogP contribution in [-0.2, 0) is 23.8 Å². The molecular formula is C69H112O5. The minimum atomic E-state index is -0.592. The molecule has 0 bridgehead atoms. The smallest absolute Gasteiger partial charge is 0.306 e. The maximum Gasteiger partial charge on any atom is 0.306 e. The molecule has 0 aliphatic rings. The van der Waals surface area contributed by atoms with Gasteiger partial charge in [-0.1, -0.05) is 244 Å². The second-order valence-corrected chi connectivity index (χ2v) is 19.5. The molecule has 0 spiro atoms. The van der Waals surface area contributed by atoms with Crippen molar-refractivity contribution in [3.8, 4) is 0 Å². The molecule has 1 unspecified atom stereocenters. The first kappa shape index (κ1) is 69.8. The third kappa shape index (κ3) is 60.3. The molecular weight excluding hydrogens is 909 g/mol. The second kappa shape index (κ2) is 63.1. The number of hydrogen-bond acceptors (Lipinski definition) is 5. The van der Waals surface area contributed by atoms with Crippen LogP contribution in [0.25, 0.3) is 0 Å². The maximum absolute atomic E-state index is 12.9. The van der Waals surface area contributed by atoms with Crippen LogP contribution >= 0.6 is 0 Å². The first-order chi connectivity index (χ1) is 36.6. The zero-order valence-electron chi connectivity index (χ0n) is 48.1. The van der Waals surface area contributed by atoms with Gasteiger partial charge in [0.25, 0.3) is 0 Å². The standard InChI is InChI=1S/C69H112O5/c1-4-7-10-13-16-19-22-25-28-31-34-37-40-43-46-49-52-55-58-61-64-72-65-67(74-69(71)63-60-57-54-51-48-45-42-39-36-33-30-27-24-21-18-15-12-9-6-3)66-73-68(70)62-59-56-53-50-47-44-41-38-35-32-29-26-23-20-17-14-11-8-5-2/h7,10,16-21,25-30,34-39,43,46,52,55,67H,4-6,8-9,11-15,22-24,31-33,40-42,44-45,47-51,53-54,56-66H2,1-3H3/b10-7-,19-16-,20-17-,21-18-,28-25-,29-26-,30-27-,37-34-,38-35-,39-36-,46-43-,55-52-. The predicted octanol–water partition coefficient (Wildman–Crippen LogP) is 21.2. The van der Waals surface area contributed by atoms with E-state index in [0.29, 0.717) is 19.4 Å². The summed E-state index contributed by atoms with van der Waals surface area (Å²) in [6, 6.07) is 0. The summed E-state index contributed by atoms with van der Waals surface area (Å²) in [6.07, 6.45) is 91.6. The lowest BCUT2D eigenvalue weighted by Gasteiger charge is -2.18. The highest BCUT2D eigenvalue weighted by Crippen LogP contribution is 2.13. The molecule has 0 heterocycles. The van der Waals surface area contributed by atoms with Crippen LogP contribution in [0.4, 0.5) is 0 Å². The van der Waals surface area contributed by atoms with Crippen molar-refractivity contribution < 1.29 is 23.8 Å². The van der Waals surface area contributed by atoms with Crippen LogP contribution in [0.2, 0.25) is 0 Å². The van der Waals surface area contributed by atoms with Crippen LogP contribution in [0.3, 0.4) is 0 Å². The minimum absolute atomic E-state index is 0.0402. The summed E-state index contributed by atoms with van der Waals surface area (Å²) in [7, 11) is 0. The highest BCUT2D eigenvalue weighted by Gasteiger charge is 2.17. The van der Waals surface area contributed by atoms with Gasteiger partial charge in [0.1, 0.15) is 6.61 Å². The van der Waals surface area contributed by atoms with E-state index in [4.69, 9.17) is 14.2 Å². The maximum atomic E-state index is 12.9. The molecule has 418 valence electrons. The van der Waals surface area contributed by atoms with Crippen molar-refractivity contribution >= 4 is 11.9 Å². The lowest BCUT2D eigenvalue weighted by atomic mass is 10.1. The van der Waals surface area contributed by atoms with Gasteiger partial charge >= 0.3 is 11.9 Å². The normalized spacial score (nSPS) is 13.3. The quantitative estimate of drug-likeness (QED) is 0.0345. The van der Waals surface area contributed by atoms with Gasteiger partial charge in [0.15, 0.2) is 6.10 Å². The molecule has 0 saturated carbocycles. The molecule has 0 aromatic heterocycles. The van der Waals surface area contributed by atoms with E-state index < -0.39 is 6.10 Å².